The van der Waals surface area contributed by atoms with Crippen molar-refractivity contribution in [1.82, 2.24) is 15.0 Å². The third-order valence-electron chi connectivity index (χ3n) is 5.99. The number of aromatic nitrogens is 3. The van der Waals surface area contributed by atoms with E-state index in [1.54, 1.807) is 0 Å². The molecular weight excluding hydrogens is 477 g/mol. The lowest BCUT2D eigenvalue weighted by Crippen LogP contribution is -2.18. The molecule has 4 rings (SSSR count). The van der Waals surface area contributed by atoms with Crippen molar-refractivity contribution in [3.05, 3.63) is 59.8 Å². The van der Waals surface area contributed by atoms with Gasteiger partial charge in [0.2, 0.25) is 11.8 Å². The fourth-order valence-electron chi connectivity index (χ4n) is 3.99. The Hall–Kier alpha value is -3.75. The zero-order valence-corrected chi connectivity index (χ0v) is 21.5. The summed E-state index contributed by atoms with van der Waals surface area (Å²) in [6.07, 6.45) is 4.80. The van der Waals surface area contributed by atoms with E-state index in [9.17, 15) is 14.3 Å². The number of methoxy groups -OCH3 is 1. The standard InChI is InChI=1S/C28H32FN3O5/c1-28(2,3)16-37-27-26(22-11-24(35-4)30-14-23(22)29)31-13-19(32-27)15-36-20-7-5-6-18(10-20)21(12-25(33)34)17-8-9-17/h5-7,10-11,13-14,17,21H,8-9,12,15-16H2,1-4H3,(H,33,34). The van der Waals surface area contributed by atoms with Gasteiger partial charge >= 0.3 is 5.97 Å². The number of benzene rings is 1. The monoisotopic (exact) mass is 509 g/mol. The summed E-state index contributed by atoms with van der Waals surface area (Å²) in [4.78, 5) is 24.3. The van der Waals surface area contributed by atoms with Crippen molar-refractivity contribution in [3.63, 3.8) is 0 Å². The largest absolute Gasteiger partial charge is 0.487 e. The number of carbonyl (C=O) groups is 1. The zero-order chi connectivity index (χ0) is 26.6. The van der Waals surface area contributed by atoms with E-state index in [1.807, 2.05) is 45.0 Å². The predicted molar refractivity (Wildman–Crippen MR) is 135 cm³/mol. The van der Waals surface area contributed by atoms with Crippen molar-refractivity contribution >= 4 is 5.97 Å². The van der Waals surface area contributed by atoms with Gasteiger partial charge in [0, 0.05) is 11.6 Å². The normalized spacial score (nSPS) is 14.2. The van der Waals surface area contributed by atoms with Gasteiger partial charge in [0.25, 0.3) is 0 Å². The van der Waals surface area contributed by atoms with Gasteiger partial charge in [0.15, 0.2) is 5.82 Å². The molecule has 1 aromatic carbocycles. The number of nitrogens with zero attached hydrogens (tertiary/aromatic N) is 3. The van der Waals surface area contributed by atoms with E-state index >= 15 is 0 Å². The molecule has 0 bridgehead atoms. The van der Waals surface area contributed by atoms with Crippen molar-refractivity contribution in [1.29, 1.82) is 0 Å². The molecule has 0 amide bonds. The minimum atomic E-state index is -0.801. The number of ether oxygens (including phenoxy) is 3. The molecule has 0 aliphatic heterocycles. The summed E-state index contributed by atoms with van der Waals surface area (Å²) in [5.41, 5.74) is 1.72. The summed E-state index contributed by atoms with van der Waals surface area (Å²) < 4.78 is 31.8. The Kier molecular flexibility index (Phi) is 7.90. The molecule has 9 heteroatoms. The quantitative estimate of drug-likeness (QED) is 0.353. The maximum Gasteiger partial charge on any atom is 0.303 e. The van der Waals surface area contributed by atoms with Gasteiger partial charge in [-0.15, -0.1) is 0 Å². The molecule has 1 atom stereocenters. The van der Waals surface area contributed by atoms with Crippen LogP contribution in [0.2, 0.25) is 0 Å². The first-order valence-corrected chi connectivity index (χ1v) is 12.3. The Balaban J connectivity index is 1.56. The lowest BCUT2D eigenvalue weighted by molar-refractivity contribution is -0.137. The van der Waals surface area contributed by atoms with Crippen LogP contribution in [0.1, 0.15) is 57.2 Å². The van der Waals surface area contributed by atoms with Gasteiger partial charge in [0.1, 0.15) is 23.7 Å². The fourth-order valence-corrected chi connectivity index (χ4v) is 3.99. The molecule has 1 saturated carbocycles. The van der Waals surface area contributed by atoms with Crippen molar-refractivity contribution in [2.24, 2.45) is 11.3 Å². The zero-order valence-electron chi connectivity index (χ0n) is 21.5. The highest BCUT2D eigenvalue weighted by molar-refractivity contribution is 5.68. The molecule has 1 N–H and O–H groups in total. The minimum absolute atomic E-state index is 0.0234. The SMILES string of the molecule is COc1cc(-c2ncc(COc3cccc(C(CC(=O)O)C4CC4)c3)nc2OCC(C)(C)C)c(F)cn1. The second-order valence-electron chi connectivity index (χ2n) is 10.5. The summed E-state index contributed by atoms with van der Waals surface area (Å²) in [5, 5.41) is 9.32. The van der Waals surface area contributed by atoms with Crippen LogP contribution in [0.3, 0.4) is 0 Å². The van der Waals surface area contributed by atoms with Gasteiger partial charge in [-0.05, 0) is 47.8 Å². The van der Waals surface area contributed by atoms with Crippen LogP contribution >= 0.6 is 0 Å². The van der Waals surface area contributed by atoms with Crippen molar-refractivity contribution in [2.75, 3.05) is 13.7 Å². The van der Waals surface area contributed by atoms with Crippen LogP contribution < -0.4 is 14.2 Å². The van der Waals surface area contributed by atoms with E-state index in [2.05, 4.69) is 15.0 Å². The van der Waals surface area contributed by atoms with Crippen LogP contribution in [0, 0.1) is 17.2 Å². The smallest absolute Gasteiger partial charge is 0.303 e. The lowest BCUT2D eigenvalue weighted by Gasteiger charge is -2.20. The topological polar surface area (TPSA) is 104 Å². The average molecular weight is 510 g/mol. The first-order chi connectivity index (χ1) is 17.6. The Morgan fingerprint density at radius 2 is 1.95 bits per heavy atom. The predicted octanol–water partition coefficient (Wildman–Crippen LogP) is 5.66. The molecule has 2 aromatic heterocycles. The Morgan fingerprint density at radius 1 is 1.16 bits per heavy atom. The summed E-state index contributed by atoms with van der Waals surface area (Å²) >= 11 is 0. The van der Waals surface area contributed by atoms with E-state index < -0.39 is 11.8 Å². The van der Waals surface area contributed by atoms with E-state index in [0.29, 0.717) is 24.0 Å². The molecule has 0 saturated heterocycles. The van der Waals surface area contributed by atoms with Crippen molar-refractivity contribution in [3.8, 4) is 28.8 Å². The highest BCUT2D eigenvalue weighted by atomic mass is 19.1. The number of hydrogen-bond donors (Lipinski definition) is 1. The lowest BCUT2D eigenvalue weighted by atomic mass is 9.91. The molecule has 1 fully saturated rings. The first kappa shape index (κ1) is 26.3. The molecule has 3 aromatic rings. The molecule has 37 heavy (non-hydrogen) atoms. The van der Waals surface area contributed by atoms with E-state index in [0.717, 1.165) is 24.6 Å². The summed E-state index contributed by atoms with van der Waals surface area (Å²) in [7, 11) is 1.46. The maximum atomic E-state index is 14.7. The van der Waals surface area contributed by atoms with Gasteiger partial charge in [-0.25, -0.2) is 19.3 Å². The molecule has 0 spiro atoms. The fraction of sp³-hybridized carbons (Fsp3) is 0.429. The van der Waals surface area contributed by atoms with Crippen molar-refractivity contribution < 1.29 is 28.5 Å². The Morgan fingerprint density at radius 3 is 2.62 bits per heavy atom. The van der Waals surface area contributed by atoms with E-state index in [4.69, 9.17) is 14.2 Å². The van der Waals surface area contributed by atoms with Gasteiger partial charge < -0.3 is 19.3 Å². The third-order valence-corrected chi connectivity index (χ3v) is 5.99. The van der Waals surface area contributed by atoms with Gasteiger partial charge in [0.05, 0.1) is 32.5 Å². The first-order valence-electron chi connectivity index (χ1n) is 12.3. The van der Waals surface area contributed by atoms with Crippen LogP contribution in [0.5, 0.6) is 17.5 Å². The van der Waals surface area contributed by atoms with Crippen LogP contribution in [0.25, 0.3) is 11.3 Å². The average Bonchev–Trinajstić information content (AvgIpc) is 3.70. The van der Waals surface area contributed by atoms with Gasteiger partial charge in [-0.2, -0.15) is 0 Å². The number of aliphatic carboxylic acids is 1. The molecule has 1 unspecified atom stereocenters. The molecule has 8 nitrogen and oxygen atoms in total. The number of carboxylic acids is 1. The molecular formula is C28H32FN3O5. The highest BCUT2D eigenvalue weighted by Crippen LogP contribution is 2.45. The summed E-state index contributed by atoms with van der Waals surface area (Å²) in [6, 6.07) is 8.99. The number of pyridine rings is 1. The second kappa shape index (κ2) is 11.1. The summed E-state index contributed by atoms with van der Waals surface area (Å²) in [6.45, 7) is 6.52. The molecule has 2 heterocycles. The Bertz CT molecular complexity index is 1260. The van der Waals surface area contributed by atoms with Crippen LogP contribution in [-0.4, -0.2) is 39.7 Å². The van der Waals surface area contributed by atoms with Crippen LogP contribution in [-0.2, 0) is 11.4 Å². The Labute approximate surface area is 215 Å². The molecule has 0 radical (unpaired) electrons. The third kappa shape index (κ3) is 7.15. The maximum absolute atomic E-state index is 14.7. The van der Waals surface area contributed by atoms with Gasteiger partial charge in [-0.1, -0.05) is 32.9 Å². The number of halogens is 1. The minimum Gasteiger partial charge on any atom is -0.487 e. The van der Waals surface area contributed by atoms with Gasteiger partial charge in [-0.3, -0.25) is 4.79 Å². The highest BCUT2D eigenvalue weighted by Gasteiger charge is 2.33. The molecule has 1 aliphatic carbocycles. The molecule has 1 aliphatic rings. The van der Waals surface area contributed by atoms with Crippen molar-refractivity contribution in [2.45, 2.75) is 52.6 Å². The number of hydrogen-bond acceptors (Lipinski definition) is 7. The number of carboxylic acid groups (broad SMARTS) is 1. The van der Waals surface area contributed by atoms with Crippen LogP contribution in [0.15, 0.2) is 42.7 Å². The van der Waals surface area contributed by atoms with E-state index in [1.165, 1.54) is 19.4 Å². The number of rotatable bonds is 11. The summed E-state index contributed by atoms with van der Waals surface area (Å²) in [5.74, 6) is 0.0605. The second-order valence-corrected chi connectivity index (χ2v) is 10.5. The van der Waals surface area contributed by atoms with E-state index in [-0.39, 0.29) is 47.4 Å². The van der Waals surface area contributed by atoms with Crippen LogP contribution in [0.4, 0.5) is 4.39 Å². The molecule has 196 valence electrons.